The zero-order valence-corrected chi connectivity index (χ0v) is 17.9. The number of ether oxygens (including phenoxy) is 3. The smallest absolute Gasteiger partial charge is 0.248 e. The molecule has 1 N–H and O–H groups in total. The topological polar surface area (TPSA) is 69.7 Å². The van der Waals surface area contributed by atoms with Gasteiger partial charge in [0, 0.05) is 35.8 Å². The average Bonchev–Trinajstić information content (AvgIpc) is 2.77. The minimum atomic E-state index is -0.245. The number of aromatic nitrogens is 1. The van der Waals surface area contributed by atoms with Crippen LogP contribution in [0.5, 0.6) is 17.2 Å². The molecule has 6 heteroatoms. The number of rotatable bonds is 9. The van der Waals surface area contributed by atoms with Crippen LogP contribution in [0.25, 0.3) is 6.08 Å². The number of carbonyl (C=O) groups is 1. The Hall–Kier alpha value is -3.80. The van der Waals surface area contributed by atoms with Crippen LogP contribution >= 0.6 is 0 Å². The van der Waals surface area contributed by atoms with Crippen LogP contribution in [0.3, 0.4) is 0 Å². The second-order valence-electron chi connectivity index (χ2n) is 7.08. The molecular formula is C25H26N2O4. The van der Waals surface area contributed by atoms with Crippen molar-refractivity contribution in [2.24, 2.45) is 0 Å². The third-order valence-corrected chi connectivity index (χ3v) is 4.21. The van der Waals surface area contributed by atoms with Crippen LogP contribution in [-0.2, 0) is 11.4 Å². The summed E-state index contributed by atoms with van der Waals surface area (Å²) in [7, 11) is 1.59. The second kappa shape index (κ2) is 10.8. The number of methoxy groups -OCH3 is 1. The number of hydrogen-bond acceptors (Lipinski definition) is 5. The highest BCUT2D eigenvalue weighted by Crippen LogP contribution is 2.29. The summed E-state index contributed by atoms with van der Waals surface area (Å²) >= 11 is 0. The van der Waals surface area contributed by atoms with Gasteiger partial charge in [-0.15, -0.1) is 0 Å². The number of nitrogens with zero attached hydrogens (tertiary/aromatic N) is 1. The first-order valence-electron chi connectivity index (χ1n) is 9.99. The quantitative estimate of drug-likeness (QED) is 0.489. The first kappa shape index (κ1) is 21.9. The van der Waals surface area contributed by atoms with E-state index in [4.69, 9.17) is 14.2 Å². The van der Waals surface area contributed by atoms with Gasteiger partial charge in [-0.05, 0) is 55.8 Å². The number of amides is 1. The number of hydrogen-bond donors (Lipinski definition) is 1. The molecular weight excluding hydrogens is 392 g/mol. The van der Waals surface area contributed by atoms with Crippen LogP contribution in [0.4, 0.5) is 5.69 Å². The molecule has 31 heavy (non-hydrogen) atoms. The summed E-state index contributed by atoms with van der Waals surface area (Å²) in [6.45, 7) is 4.32. The third-order valence-electron chi connectivity index (χ3n) is 4.21. The van der Waals surface area contributed by atoms with Crippen molar-refractivity contribution in [1.82, 2.24) is 4.98 Å². The zero-order chi connectivity index (χ0) is 22.1. The average molecular weight is 418 g/mol. The summed E-state index contributed by atoms with van der Waals surface area (Å²) in [6, 6.07) is 16.6. The van der Waals surface area contributed by atoms with E-state index in [1.807, 2.05) is 62.4 Å². The molecule has 1 amide bonds. The fourth-order valence-electron chi connectivity index (χ4n) is 2.81. The van der Waals surface area contributed by atoms with E-state index < -0.39 is 0 Å². The normalized spacial score (nSPS) is 10.8. The Morgan fingerprint density at radius 3 is 2.71 bits per heavy atom. The molecule has 0 aliphatic carbocycles. The number of nitrogens with one attached hydrogen (secondary N) is 1. The molecule has 0 atom stereocenters. The Bertz CT molecular complexity index is 1030. The molecule has 0 radical (unpaired) electrons. The Morgan fingerprint density at radius 1 is 1.10 bits per heavy atom. The van der Waals surface area contributed by atoms with Gasteiger partial charge in [-0.25, -0.2) is 0 Å². The Kier molecular flexibility index (Phi) is 7.65. The summed E-state index contributed by atoms with van der Waals surface area (Å²) in [5, 5.41) is 2.84. The summed E-state index contributed by atoms with van der Waals surface area (Å²) in [5.74, 6) is 1.71. The first-order chi connectivity index (χ1) is 15.0. The van der Waals surface area contributed by atoms with E-state index in [2.05, 4.69) is 10.3 Å². The first-order valence-corrected chi connectivity index (χ1v) is 9.99. The van der Waals surface area contributed by atoms with Crippen LogP contribution in [0, 0.1) is 0 Å². The highest BCUT2D eigenvalue weighted by molar-refractivity contribution is 6.02. The molecule has 0 spiro atoms. The lowest BCUT2D eigenvalue weighted by Gasteiger charge is -2.13. The van der Waals surface area contributed by atoms with Crippen LogP contribution in [0.15, 0.2) is 73.1 Å². The Balaban J connectivity index is 1.59. The van der Waals surface area contributed by atoms with Gasteiger partial charge in [0.2, 0.25) is 5.91 Å². The molecule has 0 bridgehead atoms. The van der Waals surface area contributed by atoms with Gasteiger partial charge in [0.15, 0.2) is 11.5 Å². The van der Waals surface area contributed by atoms with E-state index in [0.717, 1.165) is 11.1 Å². The highest BCUT2D eigenvalue weighted by atomic mass is 16.5. The van der Waals surface area contributed by atoms with Gasteiger partial charge in [-0.2, -0.15) is 0 Å². The van der Waals surface area contributed by atoms with E-state index in [9.17, 15) is 4.79 Å². The van der Waals surface area contributed by atoms with Gasteiger partial charge < -0.3 is 19.5 Å². The van der Waals surface area contributed by atoms with Crippen molar-refractivity contribution in [3.8, 4) is 17.2 Å². The van der Waals surface area contributed by atoms with Gasteiger partial charge in [-0.1, -0.05) is 18.2 Å². The molecule has 1 aromatic heterocycles. The summed E-state index contributed by atoms with van der Waals surface area (Å²) < 4.78 is 16.9. The number of anilines is 1. The molecule has 160 valence electrons. The Morgan fingerprint density at radius 2 is 1.97 bits per heavy atom. The number of benzene rings is 2. The fourth-order valence-corrected chi connectivity index (χ4v) is 2.81. The van der Waals surface area contributed by atoms with E-state index in [0.29, 0.717) is 29.5 Å². The Labute approximate surface area is 182 Å². The summed E-state index contributed by atoms with van der Waals surface area (Å²) in [6.07, 6.45) is 6.72. The second-order valence-corrected chi connectivity index (χ2v) is 7.08. The molecule has 0 saturated heterocycles. The molecule has 0 saturated carbocycles. The van der Waals surface area contributed by atoms with Crippen molar-refractivity contribution < 1.29 is 19.0 Å². The van der Waals surface area contributed by atoms with Gasteiger partial charge in [0.05, 0.1) is 13.2 Å². The molecule has 0 unspecified atom stereocenters. The molecule has 6 nitrogen and oxygen atoms in total. The largest absolute Gasteiger partial charge is 0.493 e. The number of pyridine rings is 1. The minimum absolute atomic E-state index is 0.0465. The standard InChI is InChI=1S/C25H26N2O4/c1-18(2)31-23-11-9-19(14-24(23)29-3)10-12-25(28)27-21-7-4-8-22(15-21)30-17-20-6-5-13-26-16-20/h4-16,18H,17H2,1-3H3,(H,27,28)/b12-10+. The van der Waals surface area contributed by atoms with Crippen LogP contribution < -0.4 is 19.5 Å². The maximum atomic E-state index is 12.3. The van der Waals surface area contributed by atoms with Crippen molar-refractivity contribution in [1.29, 1.82) is 0 Å². The molecule has 1 heterocycles. The molecule has 2 aromatic carbocycles. The summed E-state index contributed by atoms with van der Waals surface area (Å²) in [5.41, 5.74) is 2.45. The molecule has 0 aliphatic heterocycles. The van der Waals surface area contributed by atoms with E-state index >= 15 is 0 Å². The van der Waals surface area contributed by atoms with E-state index in [1.165, 1.54) is 6.08 Å². The van der Waals surface area contributed by atoms with Gasteiger partial charge in [0.1, 0.15) is 12.4 Å². The number of carbonyl (C=O) groups excluding carboxylic acids is 1. The molecule has 3 aromatic rings. The SMILES string of the molecule is COc1cc(/C=C/C(=O)Nc2cccc(OCc3cccnc3)c2)ccc1OC(C)C. The maximum Gasteiger partial charge on any atom is 0.248 e. The lowest BCUT2D eigenvalue weighted by molar-refractivity contribution is -0.111. The van der Waals surface area contributed by atoms with E-state index in [1.54, 1.807) is 31.6 Å². The van der Waals surface area contributed by atoms with Gasteiger partial charge in [0.25, 0.3) is 0 Å². The lowest BCUT2D eigenvalue weighted by Crippen LogP contribution is -2.08. The predicted molar refractivity (Wildman–Crippen MR) is 121 cm³/mol. The van der Waals surface area contributed by atoms with Crippen molar-refractivity contribution in [2.45, 2.75) is 26.6 Å². The molecule has 0 aliphatic rings. The lowest BCUT2D eigenvalue weighted by atomic mass is 10.2. The van der Waals surface area contributed by atoms with Crippen LogP contribution in [-0.4, -0.2) is 24.1 Å². The van der Waals surface area contributed by atoms with Crippen molar-refractivity contribution in [2.75, 3.05) is 12.4 Å². The predicted octanol–water partition coefficient (Wildman–Crippen LogP) is 5.11. The minimum Gasteiger partial charge on any atom is -0.493 e. The highest BCUT2D eigenvalue weighted by Gasteiger charge is 2.07. The monoisotopic (exact) mass is 418 g/mol. The molecule has 3 rings (SSSR count). The van der Waals surface area contributed by atoms with Crippen molar-refractivity contribution in [3.63, 3.8) is 0 Å². The van der Waals surface area contributed by atoms with Crippen LogP contribution in [0.1, 0.15) is 25.0 Å². The molecule has 0 fully saturated rings. The summed E-state index contributed by atoms with van der Waals surface area (Å²) in [4.78, 5) is 16.4. The van der Waals surface area contributed by atoms with Crippen molar-refractivity contribution in [3.05, 3.63) is 84.2 Å². The van der Waals surface area contributed by atoms with Crippen molar-refractivity contribution >= 4 is 17.7 Å². The van der Waals surface area contributed by atoms with E-state index in [-0.39, 0.29) is 12.0 Å². The zero-order valence-electron chi connectivity index (χ0n) is 17.9. The van der Waals surface area contributed by atoms with Gasteiger partial charge in [-0.3, -0.25) is 9.78 Å². The van der Waals surface area contributed by atoms with Crippen LogP contribution in [0.2, 0.25) is 0 Å². The third kappa shape index (κ3) is 6.89. The van der Waals surface area contributed by atoms with Gasteiger partial charge >= 0.3 is 0 Å². The maximum absolute atomic E-state index is 12.3. The fraction of sp³-hybridized carbons (Fsp3) is 0.200.